The second kappa shape index (κ2) is 7.29. The van der Waals surface area contributed by atoms with E-state index in [0.29, 0.717) is 12.5 Å². The van der Waals surface area contributed by atoms with Gasteiger partial charge in [0.1, 0.15) is 12.2 Å². The van der Waals surface area contributed by atoms with Crippen LogP contribution in [-0.2, 0) is 4.74 Å². The molecular formula is C10H18OS. The Labute approximate surface area is 80.8 Å². The van der Waals surface area contributed by atoms with Gasteiger partial charge in [0.2, 0.25) is 0 Å². The SMILES string of the molecule is CCCC=C(COC=S)C(C)C. The fraction of sp³-hybridized carbons (Fsp3) is 0.700. The molecule has 1 nitrogen and oxygen atoms in total. The molecule has 0 aliphatic rings. The van der Waals surface area contributed by atoms with E-state index in [2.05, 4.69) is 39.1 Å². The molecule has 0 heterocycles. The summed E-state index contributed by atoms with van der Waals surface area (Å²) in [6, 6.07) is 0. The van der Waals surface area contributed by atoms with Crippen LogP contribution in [0.3, 0.4) is 0 Å². The molecule has 0 bridgehead atoms. The highest BCUT2D eigenvalue weighted by Gasteiger charge is 2.01. The van der Waals surface area contributed by atoms with Crippen LogP contribution in [0, 0.1) is 5.92 Å². The van der Waals surface area contributed by atoms with Crippen molar-refractivity contribution >= 4 is 17.8 Å². The first kappa shape index (κ1) is 11.6. The number of ether oxygens (including phenoxy) is 1. The molecule has 0 N–H and O–H groups in total. The average molecular weight is 186 g/mol. The second-order valence-corrected chi connectivity index (χ2v) is 3.32. The maximum absolute atomic E-state index is 5.08. The van der Waals surface area contributed by atoms with E-state index in [-0.39, 0.29) is 0 Å². The van der Waals surface area contributed by atoms with Crippen LogP contribution in [0.25, 0.3) is 0 Å². The minimum absolute atomic E-state index is 0.562. The third-order valence-corrected chi connectivity index (χ3v) is 1.89. The summed E-state index contributed by atoms with van der Waals surface area (Å²) < 4.78 is 5.08. The summed E-state index contributed by atoms with van der Waals surface area (Å²) in [5, 5.41) is 0. The lowest BCUT2D eigenvalue weighted by Gasteiger charge is -2.10. The minimum atomic E-state index is 0.562. The normalized spacial score (nSPS) is 11.8. The first-order valence-corrected chi connectivity index (χ1v) is 4.93. The van der Waals surface area contributed by atoms with Gasteiger partial charge in [-0.3, -0.25) is 0 Å². The van der Waals surface area contributed by atoms with Gasteiger partial charge in [0.25, 0.3) is 0 Å². The van der Waals surface area contributed by atoms with Crippen molar-refractivity contribution in [1.29, 1.82) is 0 Å². The summed E-state index contributed by atoms with van der Waals surface area (Å²) in [6.07, 6.45) is 4.58. The molecule has 0 rings (SSSR count). The molecule has 0 atom stereocenters. The largest absolute Gasteiger partial charge is 0.485 e. The molecular weight excluding hydrogens is 168 g/mol. The van der Waals surface area contributed by atoms with Crippen LogP contribution in [0.5, 0.6) is 0 Å². The number of allylic oxidation sites excluding steroid dienone is 1. The number of unbranched alkanes of at least 4 members (excludes halogenated alkanes) is 1. The monoisotopic (exact) mass is 186 g/mol. The molecule has 70 valence electrons. The van der Waals surface area contributed by atoms with Gasteiger partial charge >= 0.3 is 0 Å². The third-order valence-electron chi connectivity index (χ3n) is 1.75. The molecule has 0 amide bonds. The Balaban J connectivity index is 3.93. The second-order valence-electron chi connectivity index (χ2n) is 3.13. The molecule has 0 aliphatic carbocycles. The zero-order valence-electron chi connectivity index (χ0n) is 8.17. The Morgan fingerprint density at radius 1 is 1.50 bits per heavy atom. The van der Waals surface area contributed by atoms with Crippen LogP contribution in [0.4, 0.5) is 0 Å². The summed E-state index contributed by atoms with van der Waals surface area (Å²) in [5.74, 6) is 0.562. The predicted octanol–water partition coefficient (Wildman–Crippen LogP) is 3.34. The fourth-order valence-corrected chi connectivity index (χ4v) is 0.989. The minimum Gasteiger partial charge on any atom is -0.485 e. The molecule has 0 fully saturated rings. The summed E-state index contributed by atoms with van der Waals surface area (Å²) in [5.41, 5.74) is 2.68. The first-order chi connectivity index (χ1) is 5.72. The van der Waals surface area contributed by atoms with Crippen molar-refractivity contribution in [1.82, 2.24) is 0 Å². The quantitative estimate of drug-likeness (QED) is 0.465. The molecule has 0 aromatic carbocycles. The van der Waals surface area contributed by atoms with E-state index in [1.54, 1.807) is 0 Å². The van der Waals surface area contributed by atoms with Crippen LogP contribution in [-0.4, -0.2) is 12.2 Å². The Morgan fingerprint density at radius 2 is 2.17 bits per heavy atom. The highest BCUT2D eigenvalue weighted by molar-refractivity contribution is 7.78. The van der Waals surface area contributed by atoms with Crippen molar-refractivity contribution in [3.63, 3.8) is 0 Å². The standard InChI is InChI=1S/C10H18OS/c1-4-5-6-10(9(2)3)7-11-8-12/h6,8-9H,4-5,7H2,1-3H3. The van der Waals surface area contributed by atoms with Gasteiger partial charge in [-0.05, 0) is 30.1 Å². The molecule has 12 heavy (non-hydrogen) atoms. The van der Waals surface area contributed by atoms with Crippen molar-refractivity contribution in [3.05, 3.63) is 11.6 Å². The molecule has 0 aromatic heterocycles. The lowest BCUT2D eigenvalue weighted by atomic mass is 10.0. The van der Waals surface area contributed by atoms with Gasteiger partial charge in [-0.1, -0.05) is 33.3 Å². The Kier molecular flexibility index (Phi) is 7.06. The van der Waals surface area contributed by atoms with Gasteiger partial charge in [0.15, 0.2) is 0 Å². The van der Waals surface area contributed by atoms with Gasteiger partial charge in [-0.25, -0.2) is 0 Å². The molecule has 0 saturated carbocycles. The van der Waals surface area contributed by atoms with Crippen molar-refractivity contribution in [2.24, 2.45) is 5.92 Å². The van der Waals surface area contributed by atoms with Crippen molar-refractivity contribution in [2.45, 2.75) is 33.6 Å². The van der Waals surface area contributed by atoms with E-state index in [9.17, 15) is 0 Å². The summed E-state index contributed by atoms with van der Waals surface area (Å²) in [6.45, 7) is 7.18. The average Bonchev–Trinajstić information content (AvgIpc) is 2.04. The molecule has 2 heteroatoms. The topological polar surface area (TPSA) is 9.23 Å². The predicted molar refractivity (Wildman–Crippen MR) is 57.4 cm³/mol. The van der Waals surface area contributed by atoms with Crippen LogP contribution in [0.2, 0.25) is 0 Å². The van der Waals surface area contributed by atoms with Gasteiger partial charge in [-0.2, -0.15) is 0 Å². The summed E-state index contributed by atoms with van der Waals surface area (Å²) in [4.78, 5) is 0. The number of rotatable bonds is 6. The summed E-state index contributed by atoms with van der Waals surface area (Å²) in [7, 11) is 0. The van der Waals surface area contributed by atoms with Crippen molar-refractivity contribution < 1.29 is 4.74 Å². The van der Waals surface area contributed by atoms with Crippen LogP contribution in [0.15, 0.2) is 11.6 Å². The zero-order chi connectivity index (χ0) is 9.40. The number of hydrogen-bond donors (Lipinski definition) is 0. The van der Waals surface area contributed by atoms with E-state index >= 15 is 0 Å². The van der Waals surface area contributed by atoms with E-state index in [0.717, 1.165) is 6.42 Å². The zero-order valence-corrected chi connectivity index (χ0v) is 8.99. The van der Waals surface area contributed by atoms with E-state index in [1.165, 1.54) is 17.5 Å². The van der Waals surface area contributed by atoms with E-state index in [4.69, 9.17) is 4.74 Å². The smallest absolute Gasteiger partial charge is 0.146 e. The summed E-state index contributed by atoms with van der Waals surface area (Å²) >= 11 is 4.60. The maximum Gasteiger partial charge on any atom is 0.146 e. The van der Waals surface area contributed by atoms with Crippen LogP contribution in [0.1, 0.15) is 33.6 Å². The lowest BCUT2D eigenvalue weighted by Crippen LogP contribution is -2.02. The van der Waals surface area contributed by atoms with E-state index in [1.807, 2.05) is 0 Å². The van der Waals surface area contributed by atoms with Crippen molar-refractivity contribution in [3.8, 4) is 0 Å². The van der Waals surface area contributed by atoms with Gasteiger partial charge in [-0.15, -0.1) is 0 Å². The highest BCUT2D eigenvalue weighted by atomic mass is 32.1. The Bertz CT molecular complexity index is 150. The maximum atomic E-state index is 5.08. The van der Waals surface area contributed by atoms with E-state index < -0.39 is 0 Å². The Hall–Kier alpha value is -0.370. The van der Waals surface area contributed by atoms with Crippen LogP contribution < -0.4 is 0 Å². The molecule has 0 saturated heterocycles. The lowest BCUT2D eigenvalue weighted by molar-refractivity contribution is 0.349. The molecule has 0 radical (unpaired) electrons. The molecule has 0 aromatic rings. The van der Waals surface area contributed by atoms with Crippen molar-refractivity contribution in [2.75, 3.05) is 6.61 Å². The fourth-order valence-electron chi connectivity index (χ4n) is 0.921. The van der Waals surface area contributed by atoms with Crippen LogP contribution >= 0.6 is 12.2 Å². The molecule has 0 unspecified atom stereocenters. The van der Waals surface area contributed by atoms with Gasteiger partial charge < -0.3 is 4.74 Å². The van der Waals surface area contributed by atoms with Gasteiger partial charge in [0.05, 0.1) is 0 Å². The van der Waals surface area contributed by atoms with Gasteiger partial charge in [0, 0.05) is 0 Å². The molecule has 0 aliphatic heterocycles. The highest BCUT2D eigenvalue weighted by Crippen LogP contribution is 2.11. The molecule has 0 spiro atoms. The first-order valence-electron chi connectivity index (χ1n) is 4.46. The Morgan fingerprint density at radius 3 is 2.58 bits per heavy atom. The number of thiocarbonyl (C=S) groups is 1. The third kappa shape index (κ3) is 5.30. The number of hydrogen-bond acceptors (Lipinski definition) is 2.